The molecule has 1 heterocycles. The summed E-state index contributed by atoms with van der Waals surface area (Å²) in [5, 5.41) is 6.63. The normalized spacial score (nSPS) is 17.7. The number of guanidine groups is 1. The van der Waals surface area contributed by atoms with Crippen LogP contribution >= 0.6 is 0 Å². The fourth-order valence-electron chi connectivity index (χ4n) is 2.55. The van der Waals surface area contributed by atoms with E-state index >= 15 is 0 Å². The van der Waals surface area contributed by atoms with Crippen molar-refractivity contribution >= 4 is 11.9 Å². The molecule has 26 heavy (non-hydrogen) atoms. The summed E-state index contributed by atoms with van der Waals surface area (Å²) in [5.74, 6) is 0.609. The van der Waals surface area contributed by atoms with Crippen LogP contribution in [0.4, 0.5) is 0 Å². The van der Waals surface area contributed by atoms with Gasteiger partial charge in [0.05, 0.1) is 19.3 Å². The number of amides is 1. The predicted octanol–water partition coefficient (Wildman–Crippen LogP) is 0.00310. The molecule has 0 aliphatic carbocycles. The van der Waals surface area contributed by atoms with Gasteiger partial charge >= 0.3 is 0 Å². The molecule has 1 amide bonds. The summed E-state index contributed by atoms with van der Waals surface area (Å²) >= 11 is 0. The highest BCUT2D eigenvalue weighted by Gasteiger charge is 2.24. The third-order valence-corrected chi connectivity index (χ3v) is 4.40. The number of carbonyl (C=O) groups is 1. The van der Waals surface area contributed by atoms with Crippen molar-refractivity contribution in [3.63, 3.8) is 0 Å². The predicted molar refractivity (Wildman–Crippen MR) is 105 cm³/mol. The molecule has 1 fully saturated rings. The van der Waals surface area contributed by atoms with Gasteiger partial charge in [-0.3, -0.25) is 9.69 Å². The summed E-state index contributed by atoms with van der Waals surface area (Å²) < 4.78 is 11.0. The van der Waals surface area contributed by atoms with Crippen LogP contribution in [0.3, 0.4) is 0 Å². The molecule has 0 spiro atoms. The molecule has 1 unspecified atom stereocenters. The molecule has 1 aliphatic heterocycles. The van der Waals surface area contributed by atoms with Crippen molar-refractivity contribution in [3.8, 4) is 0 Å². The molecule has 0 aromatic heterocycles. The molecule has 1 rings (SSSR count). The van der Waals surface area contributed by atoms with E-state index in [2.05, 4.69) is 41.3 Å². The van der Waals surface area contributed by atoms with Gasteiger partial charge in [0, 0.05) is 53.9 Å². The Morgan fingerprint density at radius 2 is 1.92 bits per heavy atom. The van der Waals surface area contributed by atoms with Gasteiger partial charge in [-0.15, -0.1) is 0 Å². The maximum Gasteiger partial charge on any atom is 0.243 e. The number of hydrogen-bond donors (Lipinski definition) is 2. The SMILES string of the molecule is COC(CNC(=NCC(=O)N(C)C)NCCN1CCOCC1)C(C)(C)C. The summed E-state index contributed by atoms with van der Waals surface area (Å²) in [5.41, 5.74) is 0.0140. The second-order valence-corrected chi connectivity index (χ2v) is 7.81. The number of carbonyl (C=O) groups excluding carboxylic acids is 1. The van der Waals surface area contributed by atoms with Gasteiger partial charge in [-0.2, -0.15) is 0 Å². The zero-order chi connectivity index (χ0) is 19.6. The topological polar surface area (TPSA) is 78.4 Å². The molecular weight excluding hydrogens is 334 g/mol. The zero-order valence-electron chi connectivity index (χ0n) is 17.3. The molecule has 0 radical (unpaired) electrons. The van der Waals surface area contributed by atoms with Crippen LogP contribution in [0.2, 0.25) is 0 Å². The first-order valence-electron chi connectivity index (χ1n) is 9.29. The first-order chi connectivity index (χ1) is 12.2. The Labute approximate surface area is 158 Å². The average Bonchev–Trinajstić information content (AvgIpc) is 2.58. The molecule has 1 saturated heterocycles. The number of morpholine rings is 1. The lowest BCUT2D eigenvalue weighted by Gasteiger charge is -2.30. The van der Waals surface area contributed by atoms with Crippen LogP contribution in [0.5, 0.6) is 0 Å². The van der Waals surface area contributed by atoms with Crippen molar-refractivity contribution in [2.45, 2.75) is 26.9 Å². The summed E-state index contributed by atoms with van der Waals surface area (Å²) in [4.78, 5) is 20.2. The van der Waals surface area contributed by atoms with E-state index < -0.39 is 0 Å². The Bertz CT molecular complexity index is 443. The molecule has 0 saturated carbocycles. The number of rotatable bonds is 8. The minimum absolute atomic E-state index is 0.0140. The Hall–Kier alpha value is -1.38. The summed E-state index contributed by atoms with van der Waals surface area (Å²) in [6.45, 7) is 12.3. The Kier molecular flexibility index (Phi) is 9.90. The van der Waals surface area contributed by atoms with E-state index in [0.717, 1.165) is 39.4 Å². The highest BCUT2D eigenvalue weighted by Crippen LogP contribution is 2.20. The highest BCUT2D eigenvalue weighted by atomic mass is 16.5. The zero-order valence-corrected chi connectivity index (χ0v) is 17.3. The van der Waals surface area contributed by atoms with Crippen LogP contribution in [0.25, 0.3) is 0 Å². The standard InChI is InChI=1S/C18H37N5O3/c1-18(2,3)15(25-6)13-20-17(21-14-16(24)22(4)5)19-7-8-23-9-11-26-12-10-23/h15H,7-14H2,1-6H3,(H2,19,20,21). The highest BCUT2D eigenvalue weighted by molar-refractivity contribution is 5.84. The Morgan fingerprint density at radius 1 is 1.27 bits per heavy atom. The van der Waals surface area contributed by atoms with Gasteiger partial charge in [0.15, 0.2) is 5.96 Å². The maximum absolute atomic E-state index is 11.8. The van der Waals surface area contributed by atoms with Crippen molar-refractivity contribution in [1.82, 2.24) is 20.4 Å². The first kappa shape index (κ1) is 22.7. The van der Waals surface area contributed by atoms with Crippen molar-refractivity contribution in [1.29, 1.82) is 0 Å². The molecule has 1 atom stereocenters. The summed E-state index contributed by atoms with van der Waals surface area (Å²) in [6.07, 6.45) is 0.0401. The monoisotopic (exact) mass is 371 g/mol. The first-order valence-corrected chi connectivity index (χ1v) is 9.29. The van der Waals surface area contributed by atoms with E-state index in [9.17, 15) is 4.79 Å². The van der Waals surface area contributed by atoms with Crippen LogP contribution in [-0.2, 0) is 14.3 Å². The van der Waals surface area contributed by atoms with E-state index in [-0.39, 0.29) is 24.0 Å². The van der Waals surface area contributed by atoms with Crippen LogP contribution in [0.1, 0.15) is 20.8 Å². The number of hydrogen-bond acceptors (Lipinski definition) is 5. The molecular formula is C18H37N5O3. The fraction of sp³-hybridized carbons (Fsp3) is 0.889. The molecule has 152 valence electrons. The number of nitrogens with zero attached hydrogens (tertiary/aromatic N) is 3. The molecule has 0 aromatic carbocycles. The van der Waals surface area contributed by atoms with Crippen molar-refractivity contribution < 1.29 is 14.3 Å². The molecule has 2 N–H and O–H groups in total. The second-order valence-electron chi connectivity index (χ2n) is 7.81. The Morgan fingerprint density at radius 3 is 2.46 bits per heavy atom. The van der Waals surface area contributed by atoms with E-state index in [1.165, 1.54) is 0 Å². The third-order valence-electron chi connectivity index (χ3n) is 4.40. The van der Waals surface area contributed by atoms with Gasteiger partial charge in [-0.1, -0.05) is 20.8 Å². The van der Waals surface area contributed by atoms with Gasteiger partial charge in [-0.05, 0) is 5.41 Å². The number of methoxy groups -OCH3 is 1. The van der Waals surface area contributed by atoms with Crippen molar-refractivity contribution in [3.05, 3.63) is 0 Å². The lowest BCUT2D eigenvalue weighted by Crippen LogP contribution is -2.48. The smallest absolute Gasteiger partial charge is 0.243 e. The molecule has 0 aromatic rings. The minimum Gasteiger partial charge on any atom is -0.379 e. The minimum atomic E-state index is -0.0293. The maximum atomic E-state index is 11.8. The summed E-state index contributed by atoms with van der Waals surface area (Å²) in [6, 6.07) is 0. The van der Waals surface area contributed by atoms with Crippen molar-refractivity contribution in [2.75, 3.05) is 73.7 Å². The van der Waals surface area contributed by atoms with Gasteiger partial charge in [0.1, 0.15) is 6.54 Å². The Balaban J connectivity index is 2.56. The average molecular weight is 372 g/mol. The van der Waals surface area contributed by atoms with Gasteiger partial charge in [-0.25, -0.2) is 4.99 Å². The molecule has 0 bridgehead atoms. The quantitative estimate of drug-likeness (QED) is 0.462. The van der Waals surface area contributed by atoms with Gasteiger partial charge in [0.2, 0.25) is 5.91 Å². The number of ether oxygens (including phenoxy) is 2. The molecule has 8 heteroatoms. The fourth-order valence-corrected chi connectivity index (χ4v) is 2.55. The number of likely N-dealkylation sites (N-methyl/N-ethyl adjacent to an activating group) is 1. The molecule has 1 aliphatic rings. The lowest BCUT2D eigenvalue weighted by molar-refractivity contribution is -0.127. The van der Waals surface area contributed by atoms with E-state index in [0.29, 0.717) is 12.5 Å². The van der Waals surface area contributed by atoms with Gasteiger partial charge < -0.3 is 25.0 Å². The van der Waals surface area contributed by atoms with E-state index in [4.69, 9.17) is 9.47 Å². The largest absolute Gasteiger partial charge is 0.379 e. The van der Waals surface area contributed by atoms with E-state index in [1.54, 1.807) is 26.1 Å². The third kappa shape index (κ3) is 8.82. The van der Waals surface area contributed by atoms with Crippen LogP contribution < -0.4 is 10.6 Å². The summed E-state index contributed by atoms with van der Waals surface area (Å²) in [7, 11) is 5.19. The van der Waals surface area contributed by atoms with Crippen LogP contribution in [0.15, 0.2) is 4.99 Å². The van der Waals surface area contributed by atoms with E-state index in [1.807, 2.05) is 0 Å². The van der Waals surface area contributed by atoms with Crippen molar-refractivity contribution in [2.24, 2.45) is 10.4 Å². The van der Waals surface area contributed by atoms with Crippen LogP contribution in [-0.4, -0.2) is 101 Å². The van der Waals surface area contributed by atoms with Gasteiger partial charge in [0.25, 0.3) is 0 Å². The van der Waals surface area contributed by atoms with Crippen LogP contribution in [0, 0.1) is 5.41 Å². The number of nitrogens with one attached hydrogen (secondary N) is 2. The second kappa shape index (κ2) is 11.4. The lowest BCUT2D eigenvalue weighted by atomic mass is 9.89. The number of aliphatic imine (C=N–C) groups is 1. The molecule has 8 nitrogen and oxygen atoms in total.